The van der Waals surface area contributed by atoms with Crippen molar-refractivity contribution in [2.45, 2.75) is 12.8 Å². The van der Waals surface area contributed by atoms with Crippen LogP contribution < -0.4 is 0 Å². The monoisotopic (exact) mass is 202 g/mol. The summed E-state index contributed by atoms with van der Waals surface area (Å²) in [6.07, 6.45) is 0.845. The predicted molar refractivity (Wildman–Crippen MR) is 50.9 cm³/mol. The summed E-state index contributed by atoms with van der Waals surface area (Å²) < 4.78 is 0. The Morgan fingerprint density at radius 2 is 2.08 bits per heavy atom. The SMILES string of the molecule is CC(C=O)c1cccc(Cl)c1Cl. The van der Waals surface area contributed by atoms with Crippen LogP contribution in [0.1, 0.15) is 18.4 Å². The minimum atomic E-state index is -0.198. The van der Waals surface area contributed by atoms with Crippen molar-refractivity contribution >= 4 is 29.5 Å². The largest absolute Gasteiger partial charge is 0.303 e. The van der Waals surface area contributed by atoms with Crippen molar-refractivity contribution in [2.24, 2.45) is 0 Å². The summed E-state index contributed by atoms with van der Waals surface area (Å²) in [5, 5.41) is 0.960. The van der Waals surface area contributed by atoms with Crippen molar-refractivity contribution in [3.63, 3.8) is 0 Å². The normalized spacial score (nSPS) is 12.6. The van der Waals surface area contributed by atoms with Crippen LogP contribution in [0.25, 0.3) is 0 Å². The van der Waals surface area contributed by atoms with E-state index in [1.54, 1.807) is 25.1 Å². The van der Waals surface area contributed by atoms with Crippen molar-refractivity contribution in [2.75, 3.05) is 0 Å². The van der Waals surface area contributed by atoms with Gasteiger partial charge in [-0.05, 0) is 11.6 Å². The molecule has 0 aliphatic carbocycles. The van der Waals surface area contributed by atoms with Crippen LogP contribution in [0.4, 0.5) is 0 Å². The van der Waals surface area contributed by atoms with Crippen molar-refractivity contribution in [3.8, 4) is 0 Å². The van der Waals surface area contributed by atoms with Crippen molar-refractivity contribution in [1.29, 1.82) is 0 Å². The molecule has 1 aromatic carbocycles. The highest BCUT2D eigenvalue weighted by Crippen LogP contribution is 2.29. The Bertz CT molecular complexity index is 297. The van der Waals surface area contributed by atoms with Crippen LogP contribution in [0, 0.1) is 0 Å². The summed E-state index contributed by atoms with van der Waals surface area (Å²) in [4.78, 5) is 10.5. The van der Waals surface area contributed by atoms with Crippen molar-refractivity contribution in [1.82, 2.24) is 0 Å². The molecule has 3 heteroatoms. The van der Waals surface area contributed by atoms with E-state index in [0.29, 0.717) is 10.0 Å². The molecule has 0 saturated heterocycles. The van der Waals surface area contributed by atoms with Crippen molar-refractivity contribution < 1.29 is 4.79 Å². The van der Waals surface area contributed by atoms with Gasteiger partial charge in [-0.3, -0.25) is 0 Å². The number of hydrogen-bond donors (Lipinski definition) is 0. The lowest BCUT2D eigenvalue weighted by molar-refractivity contribution is -0.108. The summed E-state index contributed by atoms with van der Waals surface area (Å²) in [7, 11) is 0. The van der Waals surface area contributed by atoms with Crippen LogP contribution in [0.2, 0.25) is 10.0 Å². The van der Waals surface area contributed by atoms with Crippen molar-refractivity contribution in [3.05, 3.63) is 33.8 Å². The Balaban J connectivity index is 3.15. The molecular weight excluding hydrogens is 195 g/mol. The number of halogens is 2. The highest BCUT2D eigenvalue weighted by molar-refractivity contribution is 6.42. The molecule has 0 saturated carbocycles. The lowest BCUT2D eigenvalue weighted by Crippen LogP contribution is -1.95. The van der Waals surface area contributed by atoms with Gasteiger partial charge in [0.1, 0.15) is 6.29 Å². The van der Waals surface area contributed by atoms with E-state index in [9.17, 15) is 4.79 Å². The molecule has 1 atom stereocenters. The lowest BCUT2D eigenvalue weighted by atomic mass is 10.0. The van der Waals surface area contributed by atoms with Crippen LogP contribution in [-0.2, 0) is 4.79 Å². The fourth-order valence-electron chi connectivity index (χ4n) is 0.945. The van der Waals surface area contributed by atoms with Gasteiger partial charge in [0.05, 0.1) is 10.0 Å². The highest BCUT2D eigenvalue weighted by atomic mass is 35.5. The molecule has 0 N–H and O–H groups in total. The number of aldehydes is 1. The first-order valence-electron chi connectivity index (χ1n) is 3.56. The third-order valence-corrected chi connectivity index (χ3v) is 2.51. The molecule has 1 nitrogen and oxygen atoms in total. The second-order valence-corrected chi connectivity index (χ2v) is 3.35. The second kappa shape index (κ2) is 3.92. The van der Waals surface area contributed by atoms with Gasteiger partial charge in [0.25, 0.3) is 0 Å². The third kappa shape index (κ3) is 1.79. The van der Waals surface area contributed by atoms with Gasteiger partial charge < -0.3 is 4.79 Å². The molecule has 1 aromatic rings. The van der Waals surface area contributed by atoms with E-state index in [1.165, 1.54) is 0 Å². The zero-order valence-corrected chi connectivity index (χ0v) is 8.06. The Morgan fingerprint density at radius 1 is 1.42 bits per heavy atom. The molecule has 0 heterocycles. The first-order chi connectivity index (χ1) is 5.66. The number of rotatable bonds is 2. The standard InChI is InChI=1S/C9H8Cl2O/c1-6(5-12)7-3-2-4-8(10)9(7)11/h2-6H,1H3. The Labute approximate surface area is 81.3 Å². The third-order valence-electron chi connectivity index (χ3n) is 1.68. The van der Waals surface area contributed by atoms with Crippen LogP contribution in [0.3, 0.4) is 0 Å². The summed E-state index contributed by atoms with van der Waals surface area (Å²) >= 11 is 11.6. The molecule has 12 heavy (non-hydrogen) atoms. The topological polar surface area (TPSA) is 17.1 Å². The maximum Gasteiger partial charge on any atom is 0.127 e. The Kier molecular flexibility index (Phi) is 3.12. The molecule has 1 rings (SSSR count). The summed E-state index contributed by atoms with van der Waals surface area (Å²) in [5.41, 5.74) is 0.777. The fraction of sp³-hybridized carbons (Fsp3) is 0.222. The smallest absolute Gasteiger partial charge is 0.127 e. The number of carbonyl (C=O) groups is 1. The molecule has 0 aliphatic rings. The minimum absolute atomic E-state index is 0.198. The van der Waals surface area contributed by atoms with Gasteiger partial charge >= 0.3 is 0 Å². The second-order valence-electron chi connectivity index (χ2n) is 2.57. The summed E-state index contributed by atoms with van der Waals surface area (Å²) in [6.45, 7) is 1.78. The van der Waals surface area contributed by atoms with E-state index in [-0.39, 0.29) is 5.92 Å². The van der Waals surface area contributed by atoms with E-state index in [4.69, 9.17) is 23.2 Å². The first kappa shape index (κ1) is 9.56. The van der Waals surface area contributed by atoms with Gasteiger partial charge in [-0.1, -0.05) is 42.3 Å². The van der Waals surface area contributed by atoms with E-state index >= 15 is 0 Å². The molecule has 0 amide bonds. The Hall–Kier alpha value is -0.530. The highest BCUT2D eigenvalue weighted by Gasteiger charge is 2.09. The molecule has 0 radical (unpaired) electrons. The molecule has 0 fully saturated rings. The average molecular weight is 203 g/mol. The number of carbonyl (C=O) groups excluding carboxylic acids is 1. The van der Waals surface area contributed by atoms with Crippen LogP contribution in [0.5, 0.6) is 0 Å². The van der Waals surface area contributed by atoms with Gasteiger partial charge in [0.15, 0.2) is 0 Å². The maximum atomic E-state index is 10.5. The molecule has 0 aromatic heterocycles. The molecule has 0 bridgehead atoms. The van der Waals surface area contributed by atoms with E-state index in [2.05, 4.69) is 0 Å². The zero-order valence-electron chi connectivity index (χ0n) is 6.55. The zero-order chi connectivity index (χ0) is 9.14. The van der Waals surface area contributed by atoms with E-state index < -0.39 is 0 Å². The minimum Gasteiger partial charge on any atom is -0.303 e. The molecule has 0 aliphatic heterocycles. The van der Waals surface area contributed by atoms with Crippen LogP contribution in [-0.4, -0.2) is 6.29 Å². The van der Waals surface area contributed by atoms with Gasteiger partial charge in [0.2, 0.25) is 0 Å². The lowest BCUT2D eigenvalue weighted by Gasteiger charge is -2.06. The quantitative estimate of drug-likeness (QED) is 0.674. The van der Waals surface area contributed by atoms with Crippen LogP contribution in [0.15, 0.2) is 18.2 Å². The fourth-order valence-corrected chi connectivity index (χ4v) is 1.43. The molecular formula is C9H8Cl2O. The Morgan fingerprint density at radius 3 is 2.67 bits per heavy atom. The van der Waals surface area contributed by atoms with Crippen LogP contribution >= 0.6 is 23.2 Å². The summed E-state index contributed by atoms with van der Waals surface area (Å²) in [6, 6.07) is 5.28. The van der Waals surface area contributed by atoms with E-state index in [1.807, 2.05) is 0 Å². The first-order valence-corrected chi connectivity index (χ1v) is 4.31. The summed E-state index contributed by atoms with van der Waals surface area (Å²) in [5.74, 6) is -0.198. The van der Waals surface area contributed by atoms with Gasteiger partial charge in [-0.25, -0.2) is 0 Å². The maximum absolute atomic E-state index is 10.5. The van der Waals surface area contributed by atoms with E-state index in [0.717, 1.165) is 11.8 Å². The van der Waals surface area contributed by atoms with Gasteiger partial charge in [-0.2, -0.15) is 0 Å². The number of benzene rings is 1. The average Bonchev–Trinajstić information content (AvgIpc) is 2.08. The van der Waals surface area contributed by atoms with Gasteiger partial charge in [0, 0.05) is 5.92 Å². The number of hydrogen-bond acceptors (Lipinski definition) is 1. The predicted octanol–water partition coefficient (Wildman–Crippen LogP) is 3.30. The molecule has 1 unspecified atom stereocenters. The molecule has 64 valence electrons. The molecule has 0 spiro atoms. The van der Waals surface area contributed by atoms with Gasteiger partial charge in [-0.15, -0.1) is 0 Å².